The molecule has 12 nitrogen and oxygen atoms in total. The van der Waals surface area contributed by atoms with Gasteiger partial charge in [0.25, 0.3) is 18.2 Å². The van der Waals surface area contributed by atoms with Crippen LogP contribution in [0.15, 0.2) is 48.5 Å². The van der Waals surface area contributed by atoms with Crippen molar-refractivity contribution in [3.05, 3.63) is 99.2 Å². The topological polar surface area (TPSA) is 129 Å². The molecule has 4 aromatic rings. The minimum absolute atomic E-state index is 0.0371. The maximum atomic E-state index is 16.3. The van der Waals surface area contributed by atoms with E-state index < -0.39 is 60.3 Å². The summed E-state index contributed by atoms with van der Waals surface area (Å²) in [6.07, 6.45) is -0.499. The second-order valence-electron chi connectivity index (χ2n) is 17.5. The highest BCUT2D eigenvalue weighted by Crippen LogP contribution is 2.46. The normalized spacial score (nSPS) is 24.0. The highest BCUT2D eigenvalue weighted by atomic mass is 19.3. The lowest BCUT2D eigenvalue weighted by Gasteiger charge is -2.55. The van der Waals surface area contributed by atoms with Crippen LogP contribution in [0.1, 0.15) is 87.3 Å². The molecule has 60 heavy (non-hydrogen) atoms. The van der Waals surface area contributed by atoms with E-state index in [1.54, 1.807) is 12.1 Å². The lowest BCUT2D eigenvalue weighted by molar-refractivity contribution is -0.137. The Morgan fingerprint density at radius 1 is 0.933 bits per heavy atom. The summed E-state index contributed by atoms with van der Waals surface area (Å²) in [5.74, 6) is -3.91. The summed E-state index contributed by atoms with van der Waals surface area (Å²) in [7, 11) is 0. The lowest BCUT2D eigenvalue weighted by atomic mass is 9.73. The van der Waals surface area contributed by atoms with Crippen molar-refractivity contribution < 1.29 is 41.5 Å². The molecule has 1 aromatic heterocycles. The van der Waals surface area contributed by atoms with Crippen molar-refractivity contribution in [2.24, 2.45) is 5.41 Å². The van der Waals surface area contributed by atoms with E-state index in [9.17, 15) is 32.8 Å². The number of amides is 5. The first-order valence-electron chi connectivity index (χ1n) is 20.5. The van der Waals surface area contributed by atoms with Gasteiger partial charge in [-0.15, -0.1) is 0 Å². The maximum absolute atomic E-state index is 16.3. The van der Waals surface area contributed by atoms with Crippen molar-refractivity contribution in [2.75, 3.05) is 44.2 Å². The van der Waals surface area contributed by atoms with Crippen molar-refractivity contribution in [2.45, 2.75) is 76.7 Å². The summed E-state index contributed by atoms with van der Waals surface area (Å²) in [6, 6.07) is 11.0. The van der Waals surface area contributed by atoms with E-state index >= 15 is 8.78 Å². The molecule has 1 unspecified atom stereocenters. The van der Waals surface area contributed by atoms with Gasteiger partial charge in [0.15, 0.2) is 0 Å². The summed E-state index contributed by atoms with van der Waals surface area (Å²) in [4.78, 5) is 76.0. The number of hydrogen-bond acceptors (Lipinski definition) is 8. The number of carbonyl (C=O) groups excluding carboxylic acids is 5. The average molecular weight is 826 g/mol. The molecule has 10 rings (SSSR count). The number of halogens is 4. The Balaban J connectivity index is 0.801. The minimum Gasteiger partial charge on any atom is -0.370 e. The van der Waals surface area contributed by atoms with E-state index in [0.717, 1.165) is 45.3 Å². The van der Waals surface area contributed by atoms with E-state index in [4.69, 9.17) is 0 Å². The van der Waals surface area contributed by atoms with Crippen molar-refractivity contribution in [1.82, 2.24) is 29.9 Å². The number of nitrogens with one attached hydrogen (secondary N) is 2. The average Bonchev–Trinajstić information content (AvgIpc) is 3.84. The standard InChI is InChI=1S/C44H43F4N7O5/c1-23-11-28-27-5-2-3-6-33(27)49-39(28)40(54(23)18-35(47)48)38-31(45)14-26(15-32(38)46)53-21-44(22-53)9-4-10-52(20-44)37(57)19-51-16-24-12-29-30(13-25(24)17-51)43(60)55(42(29)59)34-7-8-36(56)50-41(34)58/h2-3,5-6,12-15,23,34-35,40,49H,4,7-11,16-22H2,1H3,(H,50,56,58)/t23-,34?,40-/m0/s1. The number of aromatic amines is 1. The van der Waals surface area contributed by atoms with Crippen LogP contribution in [-0.4, -0.2) is 112 Å². The molecule has 0 saturated carbocycles. The van der Waals surface area contributed by atoms with Crippen LogP contribution in [-0.2, 0) is 33.9 Å². The number of benzene rings is 3. The number of fused-ring (bicyclic) bond motifs is 5. The minimum atomic E-state index is -2.70. The number of nitrogens with zero attached hydrogens (tertiary/aromatic N) is 5. The number of likely N-dealkylation sites (tertiary alicyclic amines) is 1. The van der Waals surface area contributed by atoms with E-state index in [1.807, 2.05) is 45.9 Å². The molecule has 16 heteroatoms. The molecule has 312 valence electrons. The van der Waals surface area contributed by atoms with Crippen LogP contribution in [0.5, 0.6) is 0 Å². The number of H-pyrrole nitrogens is 1. The zero-order valence-corrected chi connectivity index (χ0v) is 32.9. The van der Waals surface area contributed by atoms with E-state index in [0.29, 0.717) is 57.1 Å². The van der Waals surface area contributed by atoms with E-state index in [-0.39, 0.29) is 53.4 Å². The van der Waals surface area contributed by atoms with Gasteiger partial charge in [-0.1, -0.05) is 18.2 Å². The van der Waals surface area contributed by atoms with Crippen LogP contribution in [0.3, 0.4) is 0 Å². The van der Waals surface area contributed by atoms with Crippen molar-refractivity contribution in [3.8, 4) is 0 Å². The molecule has 2 N–H and O–H groups in total. The molecule has 7 heterocycles. The van der Waals surface area contributed by atoms with Gasteiger partial charge in [-0.2, -0.15) is 0 Å². The third-order valence-corrected chi connectivity index (χ3v) is 13.5. The molecule has 3 atom stereocenters. The lowest BCUT2D eigenvalue weighted by Crippen LogP contribution is -2.64. The van der Waals surface area contributed by atoms with Crippen molar-refractivity contribution in [1.29, 1.82) is 0 Å². The molecular formula is C44H43F4N7O5. The fourth-order valence-electron chi connectivity index (χ4n) is 10.7. The van der Waals surface area contributed by atoms with Gasteiger partial charge in [-0.3, -0.25) is 44.0 Å². The number of anilines is 1. The first kappa shape index (κ1) is 38.6. The van der Waals surface area contributed by atoms with E-state index in [1.165, 1.54) is 17.0 Å². The molecule has 0 bridgehead atoms. The van der Waals surface area contributed by atoms with Crippen LogP contribution in [0.25, 0.3) is 10.9 Å². The van der Waals surface area contributed by atoms with Gasteiger partial charge in [0.2, 0.25) is 17.7 Å². The summed E-state index contributed by atoms with van der Waals surface area (Å²) in [6.45, 7) is 4.17. The summed E-state index contributed by atoms with van der Waals surface area (Å²) < 4.78 is 60.5. The number of rotatable bonds is 7. The Kier molecular flexibility index (Phi) is 9.17. The Bertz CT molecular complexity index is 2450. The molecule has 3 fully saturated rings. The van der Waals surface area contributed by atoms with Crippen LogP contribution < -0.4 is 10.2 Å². The summed E-state index contributed by atoms with van der Waals surface area (Å²) >= 11 is 0. The third-order valence-electron chi connectivity index (χ3n) is 13.5. The summed E-state index contributed by atoms with van der Waals surface area (Å²) in [5, 5.41) is 3.12. The predicted octanol–water partition coefficient (Wildman–Crippen LogP) is 4.89. The molecule has 5 amide bonds. The zero-order valence-electron chi connectivity index (χ0n) is 32.9. The second-order valence-corrected chi connectivity index (χ2v) is 17.5. The highest BCUT2D eigenvalue weighted by molar-refractivity contribution is 6.23. The van der Waals surface area contributed by atoms with Gasteiger partial charge in [-0.25, -0.2) is 17.6 Å². The van der Waals surface area contributed by atoms with Gasteiger partial charge in [-0.05, 0) is 79.6 Å². The molecule has 1 spiro atoms. The Labute approximate surface area is 342 Å². The van der Waals surface area contributed by atoms with Gasteiger partial charge in [0, 0.05) is 85.0 Å². The van der Waals surface area contributed by atoms with Gasteiger partial charge < -0.3 is 14.8 Å². The fourth-order valence-corrected chi connectivity index (χ4v) is 10.7. The molecule has 6 aliphatic heterocycles. The molecular weight excluding hydrogens is 783 g/mol. The SMILES string of the molecule is C[C@H]1Cc2c([nH]c3ccccc23)[C@H](c2c(F)cc(N3CC4(CCCN(C(=O)CN5Cc6cc7c(cc6C5)C(=O)N(C5CCC(=O)NC5=O)C7=O)C4)C3)cc2F)N1CC(F)F. The van der Waals surface area contributed by atoms with Crippen molar-refractivity contribution >= 4 is 46.1 Å². The zero-order chi connectivity index (χ0) is 41.8. The Morgan fingerprint density at radius 3 is 2.28 bits per heavy atom. The largest absolute Gasteiger partial charge is 0.370 e. The van der Waals surface area contributed by atoms with Gasteiger partial charge in [0.1, 0.15) is 17.7 Å². The third kappa shape index (κ3) is 6.28. The predicted molar refractivity (Wildman–Crippen MR) is 210 cm³/mol. The number of imide groups is 2. The molecule has 0 aliphatic carbocycles. The quantitative estimate of drug-likeness (QED) is 0.199. The van der Waals surface area contributed by atoms with Crippen LogP contribution >= 0.6 is 0 Å². The molecule has 6 aliphatic rings. The number of hydrogen-bond donors (Lipinski definition) is 2. The number of aromatic nitrogens is 1. The van der Waals surface area contributed by atoms with Crippen molar-refractivity contribution in [3.63, 3.8) is 0 Å². The number of piperidine rings is 2. The maximum Gasteiger partial charge on any atom is 0.262 e. The molecule has 0 radical (unpaired) electrons. The van der Waals surface area contributed by atoms with E-state index in [2.05, 4.69) is 10.3 Å². The smallest absolute Gasteiger partial charge is 0.262 e. The number of carbonyl (C=O) groups is 5. The highest BCUT2D eigenvalue weighted by Gasteiger charge is 2.49. The molecule has 3 aromatic carbocycles. The fraction of sp³-hybridized carbons (Fsp3) is 0.432. The summed E-state index contributed by atoms with van der Waals surface area (Å²) in [5.41, 5.74) is 4.10. The van der Waals surface area contributed by atoms with Crippen LogP contribution in [0.4, 0.5) is 23.2 Å². The van der Waals surface area contributed by atoms with Crippen LogP contribution in [0.2, 0.25) is 0 Å². The van der Waals surface area contributed by atoms with Gasteiger partial charge in [0.05, 0.1) is 30.3 Å². The monoisotopic (exact) mass is 825 g/mol. The Hall–Kier alpha value is -5.61. The molecule has 3 saturated heterocycles. The van der Waals surface area contributed by atoms with Gasteiger partial charge >= 0.3 is 0 Å². The number of alkyl halides is 2. The first-order chi connectivity index (χ1) is 28.8. The second kappa shape index (κ2) is 14.3. The van der Waals surface area contributed by atoms with Crippen LogP contribution in [0, 0.1) is 17.0 Å². The first-order valence-corrected chi connectivity index (χ1v) is 20.5. The Morgan fingerprint density at radius 2 is 1.62 bits per heavy atom. The number of para-hydroxylation sites is 1.